The largest absolute Gasteiger partial charge is 0.508 e. The Balaban J connectivity index is 1.86. The average Bonchev–Trinajstić information content (AvgIpc) is 2.91. The SMILES string of the molecule is CC1CC(O)C(O)(O)C(c2c(O)c(C3OC(CO)CC(O)C3(O)O)cc3c(=O)c(O)c(-c4ccc(O)cc4)oc23)O1. The molecule has 2 aliphatic rings. The van der Waals surface area contributed by atoms with E-state index in [2.05, 4.69) is 0 Å². The molecule has 3 heterocycles. The molecule has 0 bridgehead atoms. The number of phenolic OH excluding ortho intramolecular Hbond substituents is 2. The van der Waals surface area contributed by atoms with Gasteiger partial charge in [-0.05, 0) is 37.3 Å². The molecule has 0 spiro atoms. The highest BCUT2D eigenvalue weighted by atomic mass is 16.6. The van der Waals surface area contributed by atoms with Crippen LogP contribution in [0.3, 0.4) is 0 Å². The van der Waals surface area contributed by atoms with Gasteiger partial charge in [-0.3, -0.25) is 4.79 Å². The summed E-state index contributed by atoms with van der Waals surface area (Å²) in [6.07, 6.45) is -10.3. The van der Waals surface area contributed by atoms with Gasteiger partial charge in [0.25, 0.3) is 0 Å². The summed E-state index contributed by atoms with van der Waals surface area (Å²) in [4.78, 5) is 13.5. The van der Waals surface area contributed by atoms with Gasteiger partial charge in [0.15, 0.2) is 5.76 Å². The normalized spacial score (nSPS) is 29.5. The Hall–Kier alpha value is -3.31. The quantitative estimate of drug-likeness (QED) is 0.173. The van der Waals surface area contributed by atoms with Crippen molar-refractivity contribution in [3.63, 3.8) is 0 Å². The fourth-order valence-electron chi connectivity index (χ4n) is 5.30. The van der Waals surface area contributed by atoms with Gasteiger partial charge in [0.2, 0.25) is 22.8 Å². The number of aliphatic hydroxyl groups excluding tert-OH is 3. The third-order valence-electron chi connectivity index (χ3n) is 7.57. The number of aromatic hydroxyl groups is 3. The third kappa shape index (κ3) is 4.72. The monoisotopic (exact) mass is 578 g/mol. The topological polar surface area (TPSA) is 251 Å². The minimum atomic E-state index is -3.07. The van der Waals surface area contributed by atoms with Crippen molar-refractivity contribution in [2.75, 3.05) is 6.61 Å². The molecule has 0 saturated carbocycles. The standard InChI is InChI=1S/C27H30O14/c1-10-6-16(30)27(37,38)25(39-10)18-19(32)15(24-26(35,36)17(31)7-13(9-28)40-24)8-14-20(33)21(34)22(41-23(14)18)11-2-4-12(29)5-3-11/h2-5,8,10,13,16-17,24-25,28-32,34-38H,6-7,9H2,1H3. The van der Waals surface area contributed by atoms with Crippen molar-refractivity contribution < 1.29 is 65.0 Å². The zero-order chi connectivity index (χ0) is 30.0. The van der Waals surface area contributed by atoms with Crippen LogP contribution in [0.2, 0.25) is 0 Å². The third-order valence-corrected chi connectivity index (χ3v) is 7.57. The van der Waals surface area contributed by atoms with Gasteiger partial charge < -0.3 is 65.0 Å². The van der Waals surface area contributed by atoms with E-state index in [9.17, 15) is 55.9 Å². The lowest BCUT2D eigenvalue weighted by Crippen LogP contribution is -2.55. The molecule has 222 valence electrons. The van der Waals surface area contributed by atoms with Crippen LogP contribution < -0.4 is 5.43 Å². The van der Waals surface area contributed by atoms with Gasteiger partial charge in [-0.25, -0.2) is 0 Å². The van der Waals surface area contributed by atoms with Crippen molar-refractivity contribution in [2.24, 2.45) is 0 Å². The molecule has 0 amide bonds. The van der Waals surface area contributed by atoms with Gasteiger partial charge in [-0.15, -0.1) is 0 Å². The molecule has 3 aromatic rings. The number of fused-ring (bicyclic) bond motifs is 1. The number of benzene rings is 2. The molecule has 14 nitrogen and oxygen atoms in total. The minimum Gasteiger partial charge on any atom is -0.508 e. The van der Waals surface area contributed by atoms with Gasteiger partial charge in [0, 0.05) is 24.0 Å². The lowest BCUT2D eigenvalue weighted by molar-refractivity contribution is -0.328. The van der Waals surface area contributed by atoms with Gasteiger partial charge in [0.1, 0.15) is 41.5 Å². The van der Waals surface area contributed by atoms with Crippen LogP contribution in [-0.2, 0) is 9.47 Å². The summed E-state index contributed by atoms with van der Waals surface area (Å²) >= 11 is 0. The fraction of sp³-hybridized carbons (Fsp3) is 0.444. The summed E-state index contributed by atoms with van der Waals surface area (Å²) in [5.74, 6) is -8.55. The Labute approximate surface area is 231 Å². The van der Waals surface area contributed by atoms with Crippen LogP contribution in [0.5, 0.6) is 17.2 Å². The van der Waals surface area contributed by atoms with E-state index in [1.54, 1.807) is 0 Å². The molecule has 1 aromatic heterocycles. The number of hydrogen-bond donors (Lipinski definition) is 10. The number of aliphatic hydroxyl groups is 7. The fourth-order valence-corrected chi connectivity index (χ4v) is 5.30. The number of ether oxygens (including phenoxy) is 2. The lowest BCUT2D eigenvalue weighted by Gasteiger charge is -2.44. The molecule has 0 radical (unpaired) electrons. The van der Waals surface area contributed by atoms with E-state index in [-0.39, 0.29) is 17.7 Å². The second-order valence-electron chi connectivity index (χ2n) is 10.5. The van der Waals surface area contributed by atoms with Gasteiger partial charge >= 0.3 is 0 Å². The molecular formula is C27H30O14. The van der Waals surface area contributed by atoms with Crippen LogP contribution in [0.15, 0.2) is 39.5 Å². The number of rotatable bonds is 4. The van der Waals surface area contributed by atoms with E-state index in [0.29, 0.717) is 0 Å². The Bertz CT molecular complexity index is 1510. The average molecular weight is 579 g/mol. The first-order chi connectivity index (χ1) is 19.2. The van der Waals surface area contributed by atoms with Gasteiger partial charge in [0.05, 0.1) is 29.8 Å². The highest BCUT2D eigenvalue weighted by Gasteiger charge is 2.54. The summed E-state index contributed by atoms with van der Waals surface area (Å²) in [6.45, 7) is 0.840. The van der Waals surface area contributed by atoms with Crippen LogP contribution in [0.4, 0.5) is 0 Å². The number of phenols is 2. The smallest absolute Gasteiger partial charge is 0.235 e. The van der Waals surface area contributed by atoms with Crippen LogP contribution in [0.25, 0.3) is 22.3 Å². The zero-order valence-electron chi connectivity index (χ0n) is 21.6. The molecule has 6 unspecified atom stereocenters. The second-order valence-corrected chi connectivity index (χ2v) is 10.5. The van der Waals surface area contributed by atoms with E-state index in [0.717, 1.165) is 6.07 Å². The molecule has 41 heavy (non-hydrogen) atoms. The highest BCUT2D eigenvalue weighted by Crippen LogP contribution is 2.50. The first-order valence-electron chi connectivity index (χ1n) is 12.7. The summed E-state index contributed by atoms with van der Waals surface area (Å²) in [5.41, 5.74) is -2.69. The maximum absolute atomic E-state index is 13.5. The Morgan fingerprint density at radius 3 is 2.12 bits per heavy atom. The molecule has 2 aromatic carbocycles. The van der Waals surface area contributed by atoms with Crippen LogP contribution in [-0.4, -0.2) is 93.7 Å². The van der Waals surface area contributed by atoms with Crippen molar-refractivity contribution in [3.8, 4) is 28.6 Å². The van der Waals surface area contributed by atoms with Crippen molar-refractivity contribution >= 4 is 11.0 Å². The Kier molecular flexibility index (Phi) is 7.26. The van der Waals surface area contributed by atoms with Gasteiger partial charge in [-0.2, -0.15) is 0 Å². The molecule has 14 heteroatoms. The van der Waals surface area contributed by atoms with E-state index in [4.69, 9.17) is 13.9 Å². The minimum absolute atomic E-state index is 0.111. The molecule has 5 rings (SSSR count). The molecule has 2 fully saturated rings. The van der Waals surface area contributed by atoms with E-state index < -0.39 is 106 Å². The highest BCUT2D eigenvalue weighted by molar-refractivity contribution is 5.88. The van der Waals surface area contributed by atoms with Crippen molar-refractivity contribution in [1.82, 2.24) is 0 Å². The molecule has 6 atom stereocenters. The predicted octanol–water partition coefficient (Wildman–Crippen LogP) is -0.667. The first-order valence-corrected chi connectivity index (χ1v) is 12.7. The summed E-state index contributed by atoms with van der Waals surface area (Å²) in [5, 5.41) is 105. The Morgan fingerprint density at radius 1 is 0.878 bits per heavy atom. The summed E-state index contributed by atoms with van der Waals surface area (Å²) in [6, 6.07) is 6.03. The van der Waals surface area contributed by atoms with Crippen molar-refractivity contribution in [2.45, 2.75) is 68.0 Å². The van der Waals surface area contributed by atoms with E-state index in [1.165, 1.54) is 31.2 Å². The predicted molar refractivity (Wildman–Crippen MR) is 136 cm³/mol. The molecule has 10 N–H and O–H groups in total. The Morgan fingerprint density at radius 2 is 1.49 bits per heavy atom. The molecule has 0 aliphatic carbocycles. The zero-order valence-corrected chi connectivity index (χ0v) is 21.6. The van der Waals surface area contributed by atoms with Gasteiger partial charge in [-0.1, -0.05) is 0 Å². The maximum atomic E-state index is 13.5. The van der Waals surface area contributed by atoms with Crippen LogP contribution in [0, 0.1) is 0 Å². The van der Waals surface area contributed by atoms with Crippen LogP contribution in [0.1, 0.15) is 43.1 Å². The second kappa shape index (κ2) is 10.2. The van der Waals surface area contributed by atoms with E-state index >= 15 is 0 Å². The molecular weight excluding hydrogens is 548 g/mol. The van der Waals surface area contributed by atoms with Crippen LogP contribution >= 0.6 is 0 Å². The van der Waals surface area contributed by atoms with Crippen molar-refractivity contribution in [1.29, 1.82) is 0 Å². The summed E-state index contributed by atoms with van der Waals surface area (Å²) in [7, 11) is 0. The van der Waals surface area contributed by atoms with Crippen molar-refractivity contribution in [3.05, 3.63) is 51.7 Å². The molecule has 2 aliphatic heterocycles. The molecule has 2 saturated heterocycles. The summed E-state index contributed by atoms with van der Waals surface area (Å²) < 4.78 is 17.1. The van der Waals surface area contributed by atoms with E-state index in [1.807, 2.05) is 0 Å². The number of hydrogen-bond acceptors (Lipinski definition) is 14. The first kappa shape index (κ1) is 29.2. The maximum Gasteiger partial charge on any atom is 0.235 e. The lowest BCUT2D eigenvalue weighted by atomic mass is 9.84.